The Labute approximate surface area is 105 Å². The van der Waals surface area contributed by atoms with Crippen molar-refractivity contribution in [1.82, 2.24) is 0 Å². The van der Waals surface area contributed by atoms with Crippen molar-refractivity contribution in [3.05, 3.63) is 46.9 Å². The van der Waals surface area contributed by atoms with E-state index in [0.717, 1.165) is 22.8 Å². The predicted octanol–water partition coefficient (Wildman–Crippen LogP) is 3.86. The molecule has 90 valence electrons. The van der Waals surface area contributed by atoms with Crippen LogP contribution in [0.25, 0.3) is 0 Å². The number of hydrogen-bond donors (Lipinski definition) is 1. The van der Waals surface area contributed by atoms with Crippen LogP contribution in [-0.2, 0) is 6.54 Å². The molecular weight excluding hydrogens is 238 g/mol. The van der Waals surface area contributed by atoms with Gasteiger partial charge in [-0.1, -0.05) is 0 Å². The standard InChI is InChI=1S/C13H14ClNO2/c1-9-7-10(3-5-12(9)16-2)15-8-11-4-6-13(14)17-11/h3-7,15H,8H2,1-2H3. The molecule has 3 nitrogen and oxygen atoms in total. The van der Waals surface area contributed by atoms with Crippen LogP contribution in [0.15, 0.2) is 34.7 Å². The lowest BCUT2D eigenvalue weighted by Crippen LogP contribution is -1.98. The summed E-state index contributed by atoms with van der Waals surface area (Å²) in [6.45, 7) is 2.62. The second-order valence-corrected chi connectivity index (χ2v) is 4.12. The van der Waals surface area contributed by atoms with Gasteiger partial charge in [-0.2, -0.15) is 0 Å². The Morgan fingerprint density at radius 3 is 2.71 bits per heavy atom. The predicted molar refractivity (Wildman–Crippen MR) is 68.8 cm³/mol. The maximum absolute atomic E-state index is 5.70. The highest BCUT2D eigenvalue weighted by atomic mass is 35.5. The van der Waals surface area contributed by atoms with Crippen molar-refractivity contribution in [3.63, 3.8) is 0 Å². The number of aryl methyl sites for hydroxylation is 1. The SMILES string of the molecule is COc1ccc(NCc2ccc(Cl)o2)cc1C. The van der Waals surface area contributed by atoms with E-state index in [9.17, 15) is 0 Å². The van der Waals surface area contributed by atoms with Crippen LogP contribution in [-0.4, -0.2) is 7.11 Å². The van der Waals surface area contributed by atoms with Crippen LogP contribution < -0.4 is 10.1 Å². The van der Waals surface area contributed by atoms with Crippen molar-refractivity contribution < 1.29 is 9.15 Å². The Kier molecular flexibility index (Phi) is 3.59. The first-order valence-corrected chi connectivity index (χ1v) is 5.69. The van der Waals surface area contributed by atoms with Crippen molar-refractivity contribution in [2.24, 2.45) is 0 Å². The Bertz CT molecular complexity index is 508. The van der Waals surface area contributed by atoms with E-state index in [-0.39, 0.29) is 0 Å². The highest BCUT2D eigenvalue weighted by molar-refractivity contribution is 6.28. The summed E-state index contributed by atoms with van der Waals surface area (Å²) < 4.78 is 10.5. The van der Waals surface area contributed by atoms with Crippen molar-refractivity contribution in [2.75, 3.05) is 12.4 Å². The van der Waals surface area contributed by atoms with Gasteiger partial charge in [0.1, 0.15) is 11.5 Å². The van der Waals surface area contributed by atoms with E-state index in [1.54, 1.807) is 13.2 Å². The minimum atomic E-state index is 0.410. The number of ether oxygens (including phenoxy) is 1. The molecular formula is C13H14ClNO2. The minimum Gasteiger partial charge on any atom is -0.496 e. The van der Waals surface area contributed by atoms with Crippen LogP contribution in [0.2, 0.25) is 5.22 Å². The van der Waals surface area contributed by atoms with Crippen LogP contribution >= 0.6 is 11.6 Å². The van der Waals surface area contributed by atoms with Gasteiger partial charge in [0, 0.05) is 5.69 Å². The van der Waals surface area contributed by atoms with Gasteiger partial charge in [-0.05, 0) is 54.4 Å². The fourth-order valence-electron chi connectivity index (χ4n) is 1.62. The number of hydrogen-bond acceptors (Lipinski definition) is 3. The van der Waals surface area contributed by atoms with Crippen LogP contribution in [0.1, 0.15) is 11.3 Å². The number of benzene rings is 1. The van der Waals surface area contributed by atoms with Gasteiger partial charge < -0.3 is 14.5 Å². The van der Waals surface area contributed by atoms with Gasteiger partial charge >= 0.3 is 0 Å². The molecule has 1 heterocycles. The van der Waals surface area contributed by atoms with E-state index in [1.165, 1.54) is 0 Å². The van der Waals surface area contributed by atoms with E-state index in [0.29, 0.717) is 11.8 Å². The highest BCUT2D eigenvalue weighted by Gasteiger charge is 2.02. The second kappa shape index (κ2) is 5.15. The largest absolute Gasteiger partial charge is 0.496 e. The molecule has 17 heavy (non-hydrogen) atoms. The summed E-state index contributed by atoms with van der Waals surface area (Å²) in [5.74, 6) is 1.69. The fourth-order valence-corrected chi connectivity index (χ4v) is 1.79. The summed E-state index contributed by atoms with van der Waals surface area (Å²) >= 11 is 5.70. The molecule has 1 N–H and O–H groups in total. The van der Waals surface area contributed by atoms with Gasteiger partial charge in [-0.25, -0.2) is 0 Å². The summed E-state index contributed by atoms with van der Waals surface area (Å²) in [6, 6.07) is 9.52. The fraction of sp³-hybridized carbons (Fsp3) is 0.231. The molecule has 0 saturated carbocycles. The minimum absolute atomic E-state index is 0.410. The Balaban J connectivity index is 2.02. The summed E-state index contributed by atoms with van der Waals surface area (Å²) in [5.41, 5.74) is 2.12. The lowest BCUT2D eigenvalue weighted by molar-refractivity contribution is 0.412. The average molecular weight is 252 g/mol. The maximum Gasteiger partial charge on any atom is 0.193 e. The van der Waals surface area contributed by atoms with Crippen LogP contribution in [0, 0.1) is 6.92 Å². The molecule has 4 heteroatoms. The third kappa shape index (κ3) is 2.94. The number of methoxy groups -OCH3 is 1. The molecule has 1 aromatic heterocycles. The van der Waals surface area contributed by atoms with E-state index in [4.69, 9.17) is 20.8 Å². The lowest BCUT2D eigenvalue weighted by atomic mass is 10.2. The molecule has 0 unspecified atom stereocenters. The summed E-state index contributed by atoms with van der Waals surface area (Å²) in [5, 5.41) is 3.67. The highest BCUT2D eigenvalue weighted by Crippen LogP contribution is 2.22. The first-order valence-electron chi connectivity index (χ1n) is 5.32. The molecule has 0 aliphatic rings. The van der Waals surface area contributed by atoms with Gasteiger partial charge in [0.15, 0.2) is 5.22 Å². The molecule has 0 saturated heterocycles. The van der Waals surface area contributed by atoms with Crippen LogP contribution in [0.4, 0.5) is 5.69 Å². The number of anilines is 1. The summed E-state index contributed by atoms with van der Waals surface area (Å²) in [6.07, 6.45) is 0. The Hall–Kier alpha value is -1.61. The first-order chi connectivity index (χ1) is 8.19. The molecule has 0 fully saturated rings. The van der Waals surface area contributed by atoms with Gasteiger partial charge in [-0.3, -0.25) is 0 Å². The topological polar surface area (TPSA) is 34.4 Å². The number of furan rings is 1. The summed E-state index contributed by atoms with van der Waals surface area (Å²) in [7, 11) is 1.67. The van der Waals surface area contributed by atoms with Crippen molar-refractivity contribution in [2.45, 2.75) is 13.5 Å². The molecule has 0 spiro atoms. The lowest BCUT2D eigenvalue weighted by Gasteiger charge is -2.08. The van der Waals surface area contributed by atoms with E-state index >= 15 is 0 Å². The zero-order valence-corrected chi connectivity index (χ0v) is 10.5. The van der Waals surface area contributed by atoms with E-state index in [2.05, 4.69) is 5.32 Å². The Morgan fingerprint density at radius 1 is 1.29 bits per heavy atom. The molecule has 2 rings (SSSR count). The smallest absolute Gasteiger partial charge is 0.193 e. The monoisotopic (exact) mass is 251 g/mol. The molecule has 0 aliphatic carbocycles. The third-order valence-corrected chi connectivity index (χ3v) is 2.69. The van der Waals surface area contributed by atoms with Gasteiger partial charge in [0.25, 0.3) is 0 Å². The first kappa shape index (κ1) is 11.9. The average Bonchev–Trinajstić information content (AvgIpc) is 2.73. The number of nitrogens with one attached hydrogen (secondary N) is 1. The normalized spacial score (nSPS) is 10.3. The third-order valence-electron chi connectivity index (χ3n) is 2.49. The molecule has 0 aliphatic heterocycles. The van der Waals surface area contributed by atoms with Crippen molar-refractivity contribution in [3.8, 4) is 5.75 Å². The van der Waals surface area contributed by atoms with Crippen LogP contribution in [0.5, 0.6) is 5.75 Å². The quantitative estimate of drug-likeness (QED) is 0.896. The molecule has 0 amide bonds. The second-order valence-electron chi connectivity index (χ2n) is 3.74. The zero-order valence-electron chi connectivity index (χ0n) is 9.79. The zero-order chi connectivity index (χ0) is 12.3. The molecule has 0 radical (unpaired) electrons. The van der Waals surface area contributed by atoms with E-state index in [1.807, 2.05) is 31.2 Å². The Morgan fingerprint density at radius 2 is 2.12 bits per heavy atom. The number of rotatable bonds is 4. The van der Waals surface area contributed by atoms with Gasteiger partial charge in [-0.15, -0.1) is 0 Å². The maximum atomic E-state index is 5.70. The molecule has 0 atom stereocenters. The molecule has 1 aromatic carbocycles. The van der Waals surface area contributed by atoms with Gasteiger partial charge in [0.05, 0.1) is 13.7 Å². The number of halogens is 1. The molecule has 0 bridgehead atoms. The van der Waals surface area contributed by atoms with Crippen LogP contribution in [0.3, 0.4) is 0 Å². The van der Waals surface area contributed by atoms with Crippen molar-refractivity contribution >= 4 is 17.3 Å². The van der Waals surface area contributed by atoms with Gasteiger partial charge in [0.2, 0.25) is 0 Å². The summed E-state index contributed by atoms with van der Waals surface area (Å²) in [4.78, 5) is 0. The van der Waals surface area contributed by atoms with E-state index < -0.39 is 0 Å². The molecule has 2 aromatic rings. The van der Waals surface area contributed by atoms with Crippen molar-refractivity contribution in [1.29, 1.82) is 0 Å².